The van der Waals surface area contributed by atoms with Crippen molar-refractivity contribution in [2.45, 2.75) is 64.4 Å². The molecule has 0 amide bonds. The zero-order valence-electron chi connectivity index (χ0n) is 27.2. The summed E-state index contributed by atoms with van der Waals surface area (Å²) in [6.45, 7) is 33.8. The van der Waals surface area contributed by atoms with Crippen LogP contribution in [-0.4, -0.2) is 12.1 Å². The fraction of sp³-hybridized carbons (Fsp3) is 0.275. The Morgan fingerprint density at radius 3 is 2.38 bits per heavy atom. The Balaban J connectivity index is 1.61. The molecule has 0 bridgehead atoms. The topological polar surface area (TPSA) is 34.8 Å². The monoisotopic (exact) mass is 638 g/mol. The Bertz CT molecular complexity index is 1960. The summed E-state index contributed by atoms with van der Waals surface area (Å²) in [5, 5.41) is 0.665. The molecule has 5 rings (SSSR count). The fourth-order valence-electron chi connectivity index (χ4n) is 6.66. The minimum atomic E-state index is -0.907. The molecule has 0 spiro atoms. The molecule has 0 fully saturated rings. The van der Waals surface area contributed by atoms with E-state index in [1.54, 1.807) is 0 Å². The number of benzene rings is 2. The first kappa shape index (κ1) is 33.0. The molecule has 7 heteroatoms. The van der Waals surface area contributed by atoms with Gasteiger partial charge in [0.25, 0.3) is 0 Å². The van der Waals surface area contributed by atoms with Crippen LogP contribution in [0.5, 0.6) is 5.75 Å². The predicted octanol–water partition coefficient (Wildman–Crippen LogP) is 10.2. The number of ether oxygens (including phenoxy) is 2. The molecule has 0 saturated heterocycles. The number of allylic oxidation sites excluding steroid dienone is 7. The molecule has 2 aromatic carbocycles. The minimum absolute atomic E-state index is 0.0263. The zero-order chi connectivity index (χ0) is 33.9. The van der Waals surface area contributed by atoms with E-state index in [1.165, 1.54) is 16.9 Å². The van der Waals surface area contributed by atoms with Crippen molar-refractivity contribution in [3.8, 4) is 18.3 Å². The third kappa shape index (κ3) is 6.10. The van der Waals surface area contributed by atoms with Gasteiger partial charge in [0.1, 0.15) is 30.6 Å². The quantitative estimate of drug-likeness (QED) is 0.233. The van der Waals surface area contributed by atoms with Crippen LogP contribution in [0.15, 0.2) is 118 Å². The van der Waals surface area contributed by atoms with Crippen LogP contribution in [0.2, 0.25) is 0 Å². The van der Waals surface area contributed by atoms with E-state index in [2.05, 4.69) is 82.7 Å². The molecule has 2 aromatic rings. The molecular formula is C40H35ClN4O2. The Labute approximate surface area is 283 Å². The summed E-state index contributed by atoms with van der Waals surface area (Å²) < 4.78 is 11.2. The molecule has 0 N–H and O–H groups in total. The van der Waals surface area contributed by atoms with Gasteiger partial charge in [0, 0.05) is 33.9 Å². The number of hydrogen-bond acceptors (Lipinski definition) is 3. The van der Waals surface area contributed by atoms with E-state index in [-0.39, 0.29) is 28.6 Å². The standard InChI is InChI=1S/C40H35ClN4O2/c1-10-45-33-15-13-12-14-31(33)39(3,4)34(45)23-19-28-25-29(26-16-20-30(21-17-26)46-11-2)24-27(35(28)41)18-22-32-36(42-7)37(38(43-8)44-9)47-40(32,5)6/h2,12-23,29H,10,24-25H2,1,3-6H3/b22-18+,28-19+,34-23-. The van der Waals surface area contributed by atoms with Crippen molar-refractivity contribution in [3.63, 3.8) is 0 Å². The van der Waals surface area contributed by atoms with Crippen LogP contribution >= 0.6 is 11.6 Å². The Hall–Kier alpha value is -5.40. The van der Waals surface area contributed by atoms with E-state index < -0.39 is 5.60 Å². The van der Waals surface area contributed by atoms with E-state index in [9.17, 15) is 0 Å². The van der Waals surface area contributed by atoms with Gasteiger partial charge in [-0.1, -0.05) is 80.4 Å². The molecule has 1 unspecified atom stereocenters. The van der Waals surface area contributed by atoms with Crippen molar-refractivity contribution in [2.24, 2.45) is 0 Å². The van der Waals surface area contributed by atoms with E-state index in [0.29, 0.717) is 22.8 Å². The number of likely N-dealkylation sites (N-methyl/N-ethyl adjacent to an activating group) is 1. The highest BCUT2D eigenvalue weighted by Gasteiger charge is 2.42. The largest absolute Gasteiger partial charge is 0.550 e. The van der Waals surface area contributed by atoms with Crippen LogP contribution in [0, 0.1) is 32.2 Å². The molecule has 6 nitrogen and oxygen atoms in total. The number of nitrogens with zero attached hydrogens (tertiary/aromatic N) is 4. The Kier molecular flexibility index (Phi) is 9.22. The lowest BCUT2D eigenvalue weighted by Crippen LogP contribution is -2.25. The first-order valence-electron chi connectivity index (χ1n) is 15.4. The van der Waals surface area contributed by atoms with Crippen LogP contribution in [0.3, 0.4) is 0 Å². The number of hydrogen-bond donors (Lipinski definition) is 0. The van der Waals surface area contributed by atoms with Crippen molar-refractivity contribution < 1.29 is 9.47 Å². The van der Waals surface area contributed by atoms with Gasteiger partial charge in [-0.2, -0.15) is 9.69 Å². The van der Waals surface area contributed by atoms with Crippen molar-refractivity contribution in [3.05, 3.63) is 163 Å². The Morgan fingerprint density at radius 2 is 1.74 bits per heavy atom. The second-order valence-corrected chi connectivity index (χ2v) is 12.9. The second kappa shape index (κ2) is 13.1. The van der Waals surface area contributed by atoms with Crippen molar-refractivity contribution in [1.29, 1.82) is 0 Å². The van der Waals surface area contributed by atoms with Crippen molar-refractivity contribution in [2.75, 3.05) is 11.4 Å². The number of para-hydroxylation sites is 1. The summed E-state index contributed by atoms with van der Waals surface area (Å²) in [6, 6.07) is 16.4. The molecule has 47 heavy (non-hydrogen) atoms. The summed E-state index contributed by atoms with van der Waals surface area (Å²) in [6.07, 6.45) is 17.1. The molecule has 234 valence electrons. The average molecular weight is 639 g/mol. The van der Waals surface area contributed by atoms with Crippen LogP contribution in [0.25, 0.3) is 14.5 Å². The van der Waals surface area contributed by atoms with E-state index in [0.717, 1.165) is 29.7 Å². The van der Waals surface area contributed by atoms with Gasteiger partial charge in [-0.05, 0) is 86.1 Å². The summed E-state index contributed by atoms with van der Waals surface area (Å²) >= 11 is 7.21. The lowest BCUT2D eigenvalue weighted by molar-refractivity contribution is 0.0950. The smallest absolute Gasteiger partial charge is 0.499 e. The van der Waals surface area contributed by atoms with Gasteiger partial charge in [-0.3, -0.25) is 0 Å². The molecular weight excluding hydrogens is 604 g/mol. The fourth-order valence-corrected chi connectivity index (χ4v) is 6.94. The molecule has 0 radical (unpaired) electrons. The van der Waals surface area contributed by atoms with Crippen molar-refractivity contribution >= 4 is 17.3 Å². The van der Waals surface area contributed by atoms with Crippen LogP contribution in [-0.2, 0) is 10.2 Å². The van der Waals surface area contributed by atoms with Gasteiger partial charge in [0.05, 0.1) is 6.57 Å². The minimum Gasteiger partial charge on any atom is -0.499 e. The third-order valence-corrected chi connectivity index (χ3v) is 9.52. The van der Waals surface area contributed by atoms with Crippen LogP contribution in [0.1, 0.15) is 64.5 Å². The normalized spacial score (nSPS) is 21.3. The summed E-state index contributed by atoms with van der Waals surface area (Å²) in [5.41, 5.74) is 6.46. The lowest BCUT2D eigenvalue weighted by atomic mass is 9.80. The molecule has 0 saturated carbocycles. The average Bonchev–Trinajstić information content (AvgIpc) is 3.45. The molecule has 1 atom stereocenters. The second-order valence-electron chi connectivity index (χ2n) is 12.6. The summed E-state index contributed by atoms with van der Waals surface area (Å²) in [4.78, 5) is 12.6. The first-order chi connectivity index (χ1) is 22.5. The maximum Gasteiger partial charge on any atom is 0.550 e. The van der Waals surface area contributed by atoms with Crippen LogP contribution in [0.4, 0.5) is 5.69 Å². The predicted molar refractivity (Wildman–Crippen MR) is 188 cm³/mol. The highest BCUT2D eigenvalue weighted by Crippen LogP contribution is 2.48. The maximum absolute atomic E-state index is 7.85. The third-order valence-electron chi connectivity index (χ3n) is 9.04. The van der Waals surface area contributed by atoms with Gasteiger partial charge < -0.3 is 14.4 Å². The number of fused-ring (bicyclic) bond motifs is 1. The summed E-state index contributed by atoms with van der Waals surface area (Å²) in [5.74, 6) is 0.494. The Morgan fingerprint density at radius 1 is 1.04 bits per heavy atom. The molecule has 1 aliphatic carbocycles. The number of anilines is 1. The highest BCUT2D eigenvalue weighted by atomic mass is 35.5. The van der Waals surface area contributed by atoms with Gasteiger partial charge in [-0.15, -0.1) is 0 Å². The van der Waals surface area contributed by atoms with Crippen LogP contribution < -0.4 is 9.64 Å². The van der Waals surface area contributed by atoms with E-state index in [4.69, 9.17) is 47.2 Å². The SMILES string of the molecule is [C-]#[N+]C([N+]#[C-])=C1OC(C)(C)C(/C=C/C2=C(Cl)C(=C/C=C3\N(CC)c4ccccc4C3(C)C)/CC(c3ccc(OC#C)cc3)C2)=C1[N+]#[C-]. The number of rotatable bonds is 6. The van der Waals surface area contributed by atoms with Gasteiger partial charge in [0.15, 0.2) is 0 Å². The molecule has 2 aliphatic heterocycles. The highest BCUT2D eigenvalue weighted by molar-refractivity contribution is 6.32. The van der Waals surface area contributed by atoms with Crippen molar-refractivity contribution in [1.82, 2.24) is 0 Å². The van der Waals surface area contributed by atoms with E-state index in [1.807, 2.05) is 50.3 Å². The zero-order valence-corrected chi connectivity index (χ0v) is 27.9. The molecule has 2 heterocycles. The lowest BCUT2D eigenvalue weighted by Gasteiger charge is -2.28. The molecule has 3 aliphatic rings. The van der Waals surface area contributed by atoms with Gasteiger partial charge in [-0.25, -0.2) is 4.85 Å². The maximum atomic E-state index is 7.85. The van der Waals surface area contributed by atoms with Gasteiger partial charge in [0.2, 0.25) is 11.5 Å². The van der Waals surface area contributed by atoms with E-state index >= 15 is 0 Å². The summed E-state index contributed by atoms with van der Waals surface area (Å²) in [7, 11) is 0. The first-order valence-corrected chi connectivity index (χ1v) is 15.8. The number of terminal acetylenes is 1. The molecule has 0 aromatic heterocycles. The van der Waals surface area contributed by atoms with Gasteiger partial charge >= 0.3 is 5.82 Å². The number of halogens is 1.